The fourth-order valence-electron chi connectivity index (χ4n) is 4.27. The lowest BCUT2D eigenvalue weighted by Crippen LogP contribution is -2.47. The minimum atomic E-state index is -1.11. The molecule has 0 aliphatic rings. The van der Waals surface area contributed by atoms with Crippen molar-refractivity contribution >= 4 is 23.3 Å². The zero-order valence-electron chi connectivity index (χ0n) is 21.4. The lowest BCUT2D eigenvalue weighted by Gasteiger charge is -2.20. The number of benzene rings is 2. The maximum atomic E-state index is 13.3. The summed E-state index contributed by atoms with van der Waals surface area (Å²) in [4.78, 5) is 48.6. The molecule has 2 heterocycles. The molecule has 194 valence electrons. The van der Waals surface area contributed by atoms with Crippen molar-refractivity contribution in [3.05, 3.63) is 96.6 Å². The number of imidazole rings is 1. The summed E-state index contributed by atoms with van der Waals surface area (Å²) in [6, 6.07) is 19.3. The summed E-state index contributed by atoms with van der Waals surface area (Å²) < 4.78 is 1.66. The number of Topliss-reactive ketones (excluding diaryl/α,β-unsaturated/α-hetero) is 1. The van der Waals surface area contributed by atoms with Crippen LogP contribution in [-0.2, 0) is 16.0 Å². The first-order valence-electron chi connectivity index (χ1n) is 12.4. The largest absolute Gasteiger partial charge is 0.372 e. The Morgan fingerprint density at radius 2 is 1.66 bits per heavy atom. The lowest BCUT2D eigenvalue weighted by molar-refractivity contribution is -0.137. The number of aromatic nitrogens is 3. The molecule has 2 aromatic carbocycles. The molecular weight excluding hydrogens is 480 g/mol. The summed E-state index contributed by atoms with van der Waals surface area (Å²) >= 11 is 0. The average Bonchev–Trinajstić information content (AvgIpc) is 3.44. The van der Waals surface area contributed by atoms with Crippen molar-refractivity contribution in [1.82, 2.24) is 19.9 Å². The number of nitrogens with two attached hydrogens (primary N) is 1. The predicted octanol–water partition coefficient (Wildman–Crippen LogP) is 3.18. The molecule has 9 heteroatoms. The van der Waals surface area contributed by atoms with Crippen molar-refractivity contribution in [3.8, 4) is 17.1 Å². The van der Waals surface area contributed by atoms with Crippen LogP contribution in [0.5, 0.6) is 0 Å². The first kappa shape index (κ1) is 26.3. The fraction of sp³-hybridized carbons (Fsp3) is 0.207. The zero-order chi connectivity index (χ0) is 27.1. The minimum Gasteiger partial charge on any atom is -0.372 e. The van der Waals surface area contributed by atoms with Crippen molar-refractivity contribution in [2.45, 2.75) is 26.3 Å². The summed E-state index contributed by atoms with van der Waals surface area (Å²) in [6.07, 6.45) is 5.08. The van der Waals surface area contributed by atoms with Crippen molar-refractivity contribution in [2.75, 3.05) is 18.0 Å². The third-order valence-corrected chi connectivity index (χ3v) is 6.30. The van der Waals surface area contributed by atoms with E-state index in [2.05, 4.69) is 46.2 Å². The van der Waals surface area contributed by atoms with Crippen LogP contribution in [0.1, 0.15) is 29.8 Å². The highest BCUT2D eigenvalue weighted by atomic mass is 16.2. The smallest absolute Gasteiger partial charge is 0.287 e. The molecule has 0 fully saturated rings. The molecule has 0 aliphatic carbocycles. The molecule has 1 unspecified atom stereocenters. The molecule has 2 amide bonds. The first-order valence-corrected chi connectivity index (χ1v) is 12.4. The fourth-order valence-corrected chi connectivity index (χ4v) is 4.27. The van der Waals surface area contributed by atoms with Crippen LogP contribution in [0.15, 0.2) is 85.5 Å². The predicted molar refractivity (Wildman–Crippen MR) is 146 cm³/mol. The molecule has 0 spiro atoms. The number of carbonyl (C=O) groups is 3. The zero-order valence-corrected chi connectivity index (χ0v) is 21.4. The van der Waals surface area contributed by atoms with E-state index < -0.39 is 23.6 Å². The summed E-state index contributed by atoms with van der Waals surface area (Å²) in [5.74, 6) is -2.19. The molecule has 9 nitrogen and oxygen atoms in total. The van der Waals surface area contributed by atoms with Gasteiger partial charge in [0.15, 0.2) is 5.82 Å². The molecule has 2 aromatic heterocycles. The second kappa shape index (κ2) is 12.0. The number of ketones is 1. The highest BCUT2D eigenvalue weighted by molar-refractivity contribution is 6.38. The molecule has 0 bridgehead atoms. The van der Waals surface area contributed by atoms with Crippen molar-refractivity contribution in [2.24, 2.45) is 5.73 Å². The van der Waals surface area contributed by atoms with E-state index in [0.29, 0.717) is 5.82 Å². The molecule has 1 atom stereocenters. The Labute approximate surface area is 221 Å². The van der Waals surface area contributed by atoms with Crippen molar-refractivity contribution < 1.29 is 14.4 Å². The highest BCUT2D eigenvalue weighted by Gasteiger charge is 2.27. The van der Waals surface area contributed by atoms with Gasteiger partial charge in [0.05, 0.1) is 11.3 Å². The second-order valence-electron chi connectivity index (χ2n) is 8.70. The molecule has 0 saturated carbocycles. The third kappa shape index (κ3) is 5.95. The minimum absolute atomic E-state index is 0.128. The molecule has 4 aromatic rings. The number of hydrogen-bond acceptors (Lipinski definition) is 6. The van der Waals surface area contributed by atoms with Gasteiger partial charge in [-0.05, 0) is 43.7 Å². The van der Waals surface area contributed by atoms with Crippen molar-refractivity contribution in [1.29, 1.82) is 0 Å². The van der Waals surface area contributed by atoms with Gasteiger partial charge in [0.2, 0.25) is 5.78 Å². The van der Waals surface area contributed by atoms with E-state index in [1.165, 1.54) is 0 Å². The monoisotopic (exact) mass is 510 g/mol. The molecule has 3 N–H and O–H groups in total. The Hall–Kier alpha value is -4.79. The van der Waals surface area contributed by atoms with Crippen molar-refractivity contribution in [3.63, 3.8) is 0 Å². The van der Waals surface area contributed by atoms with Gasteiger partial charge >= 0.3 is 0 Å². The number of primary amides is 1. The maximum absolute atomic E-state index is 13.3. The van der Waals surface area contributed by atoms with E-state index in [4.69, 9.17) is 5.73 Å². The molecule has 38 heavy (non-hydrogen) atoms. The molecular formula is C29H30N6O3. The summed E-state index contributed by atoms with van der Waals surface area (Å²) in [5.41, 5.74) is 9.05. The van der Waals surface area contributed by atoms with Gasteiger partial charge in [-0.1, -0.05) is 42.5 Å². The van der Waals surface area contributed by atoms with E-state index in [0.717, 1.165) is 35.6 Å². The Morgan fingerprint density at radius 3 is 2.32 bits per heavy atom. The van der Waals surface area contributed by atoms with Crippen LogP contribution >= 0.6 is 0 Å². The molecule has 0 radical (unpaired) electrons. The molecule has 4 rings (SSSR count). The van der Waals surface area contributed by atoms with E-state index in [9.17, 15) is 14.4 Å². The number of amides is 2. The highest BCUT2D eigenvalue weighted by Crippen LogP contribution is 2.23. The Kier molecular flexibility index (Phi) is 8.27. The average molecular weight is 511 g/mol. The van der Waals surface area contributed by atoms with E-state index in [1.807, 2.05) is 42.5 Å². The number of anilines is 1. The summed E-state index contributed by atoms with van der Waals surface area (Å²) in [7, 11) is 0. The van der Waals surface area contributed by atoms with Crippen LogP contribution in [0, 0.1) is 0 Å². The van der Waals surface area contributed by atoms with Gasteiger partial charge in [0.25, 0.3) is 11.8 Å². The van der Waals surface area contributed by atoms with Crippen LogP contribution in [0.3, 0.4) is 0 Å². The van der Waals surface area contributed by atoms with Gasteiger partial charge in [-0.15, -0.1) is 0 Å². The van der Waals surface area contributed by atoms with Gasteiger partial charge in [0, 0.05) is 43.2 Å². The van der Waals surface area contributed by atoms with Gasteiger partial charge < -0.3 is 16.0 Å². The SMILES string of the molecule is CCN(CC)c1ccc(-c2cn(-c3ncccc3C(=O)NC(Cc3ccccc3)C(=O)C(N)=O)cn2)cc1. The summed E-state index contributed by atoms with van der Waals surface area (Å²) in [5, 5.41) is 2.67. The number of pyridine rings is 1. The standard InChI is InChI=1S/C29H30N6O3/c1-3-34(4-2)22-14-12-21(13-15-22)25-18-35(19-32-25)28-23(11-8-16-31-28)29(38)33-24(26(36)27(30)37)17-20-9-6-5-7-10-20/h5-16,18-19,24H,3-4,17H2,1-2H3,(H2,30,37)(H,33,38). The van der Waals surface area contributed by atoms with E-state index in [-0.39, 0.29) is 12.0 Å². The van der Waals surface area contributed by atoms with E-state index >= 15 is 0 Å². The number of hydrogen-bond donors (Lipinski definition) is 2. The number of nitrogens with zero attached hydrogens (tertiary/aromatic N) is 4. The van der Waals surface area contributed by atoms with Crippen LogP contribution < -0.4 is 16.0 Å². The summed E-state index contributed by atoms with van der Waals surface area (Å²) in [6.45, 7) is 6.08. The lowest BCUT2D eigenvalue weighted by atomic mass is 10.0. The Balaban J connectivity index is 1.58. The number of rotatable bonds is 11. The van der Waals surface area contributed by atoms with Crippen LogP contribution in [0.4, 0.5) is 5.69 Å². The topological polar surface area (TPSA) is 123 Å². The number of carbonyl (C=O) groups excluding carboxylic acids is 3. The third-order valence-electron chi connectivity index (χ3n) is 6.30. The van der Waals surface area contributed by atoms with Crippen LogP contribution in [-0.4, -0.2) is 51.3 Å². The van der Waals surface area contributed by atoms with Crippen LogP contribution in [0.25, 0.3) is 17.1 Å². The first-order chi connectivity index (χ1) is 18.4. The normalized spacial score (nSPS) is 11.5. The van der Waals surface area contributed by atoms with Gasteiger partial charge in [-0.3, -0.25) is 19.0 Å². The van der Waals surface area contributed by atoms with Gasteiger partial charge in [-0.2, -0.15) is 0 Å². The van der Waals surface area contributed by atoms with Gasteiger partial charge in [-0.25, -0.2) is 9.97 Å². The molecule has 0 saturated heterocycles. The Bertz CT molecular complexity index is 1410. The second-order valence-corrected chi connectivity index (χ2v) is 8.70. The molecule has 0 aliphatic heterocycles. The number of nitrogens with one attached hydrogen (secondary N) is 1. The van der Waals surface area contributed by atoms with Crippen LogP contribution in [0.2, 0.25) is 0 Å². The Morgan fingerprint density at radius 1 is 0.947 bits per heavy atom. The maximum Gasteiger partial charge on any atom is 0.287 e. The quantitative estimate of drug-likeness (QED) is 0.299. The van der Waals surface area contributed by atoms with E-state index in [1.54, 1.807) is 35.4 Å². The van der Waals surface area contributed by atoms with Gasteiger partial charge in [0.1, 0.15) is 12.4 Å².